The second kappa shape index (κ2) is 6.32. The number of benzene rings is 1. The average Bonchev–Trinajstić information content (AvgIpc) is 3.02. The number of carbonyl (C=O) groups is 3. The second-order valence-electron chi connectivity index (χ2n) is 4.87. The fourth-order valence-corrected chi connectivity index (χ4v) is 2.41. The molecule has 0 radical (unpaired) electrons. The summed E-state index contributed by atoms with van der Waals surface area (Å²) in [4.78, 5) is 47.2. The third-order valence-corrected chi connectivity index (χ3v) is 3.79. The number of anilines is 1. The number of barbiturate groups is 1. The van der Waals surface area contributed by atoms with Crippen molar-refractivity contribution in [3.63, 3.8) is 0 Å². The smallest absolute Gasteiger partial charge is 0.401 e. The lowest BCUT2D eigenvalue weighted by Gasteiger charge is -2.26. The van der Waals surface area contributed by atoms with Crippen LogP contribution in [0.25, 0.3) is 6.08 Å². The normalized spacial score (nSPS) is 16.3. The van der Waals surface area contributed by atoms with Crippen LogP contribution in [0.3, 0.4) is 0 Å². The summed E-state index contributed by atoms with van der Waals surface area (Å²) in [5.74, 6) is -2.37. The van der Waals surface area contributed by atoms with Crippen LogP contribution in [-0.2, 0) is 9.59 Å². The van der Waals surface area contributed by atoms with E-state index in [0.717, 1.165) is 21.5 Å². The number of furan rings is 1. The topological polar surface area (TPSA) is 123 Å². The third kappa shape index (κ3) is 3.19. The Hall–Kier alpha value is -3.27. The summed E-state index contributed by atoms with van der Waals surface area (Å²) < 4.78 is 5.66. The van der Waals surface area contributed by atoms with Crippen molar-refractivity contribution >= 4 is 51.4 Å². The average molecular weight is 406 g/mol. The molecule has 0 atom stereocenters. The number of urea groups is 1. The van der Waals surface area contributed by atoms with Gasteiger partial charge in [0.05, 0.1) is 11.8 Å². The van der Waals surface area contributed by atoms with Gasteiger partial charge in [0.1, 0.15) is 16.3 Å². The number of rotatable bonds is 3. The molecular weight excluding hydrogens is 398 g/mol. The van der Waals surface area contributed by atoms with Crippen molar-refractivity contribution in [1.29, 1.82) is 0 Å². The van der Waals surface area contributed by atoms with E-state index in [2.05, 4.69) is 15.9 Å². The van der Waals surface area contributed by atoms with E-state index in [-0.39, 0.29) is 17.0 Å². The van der Waals surface area contributed by atoms with E-state index in [9.17, 15) is 24.5 Å². The number of nitrogens with zero attached hydrogens (tertiary/aromatic N) is 2. The maximum Gasteiger partial charge on any atom is 0.433 e. The number of hydrogen-bond acceptors (Lipinski definition) is 6. The molecule has 0 spiro atoms. The molecule has 0 saturated carbocycles. The van der Waals surface area contributed by atoms with Crippen LogP contribution in [0.15, 0.2) is 50.9 Å². The molecule has 1 aromatic carbocycles. The Morgan fingerprint density at radius 3 is 2.40 bits per heavy atom. The molecule has 1 aliphatic rings. The van der Waals surface area contributed by atoms with E-state index >= 15 is 0 Å². The van der Waals surface area contributed by atoms with Gasteiger partial charge in [-0.1, -0.05) is 15.9 Å². The predicted molar refractivity (Wildman–Crippen MR) is 88.5 cm³/mol. The molecule has 0 bridgehead atoms. The zero-order chi connectivity index (χ0) is 18.1. The molecule has 25 heavy (non-hydrogen) atoms. The lowest BCUT2D eigenvalue weighted by molar-refractivity contribution is -0.402. The highest BCUT2D eigenvalue weighted by Crippen LogP contribution is 2.25. The van der Waals surface area contributed by atoms with Crippen molar-refractivity contribution in [2.45, 2.75) is 0 Å². The van der Waals surface area contributed by atoms with Gasteiger partial charge in [0.2, 0.25) is 0 Å². The lowest BCUT2D eigenvalue weighted by atomic mass is 10.1. The van der Waals surface area contributed by atoms with Gasteiger partial charge in [-0.2, -0.15) is 0 Å². The molecule has 2 aromatic rings. The van der Waals surface area contributed by atoms with Gasteiger partial charge >= 0.3 is 11.9 Å². The summed E-state index contributed by atoms with van der Waals surface area (Å²) in [6, 6.07) is 7.75. The van der Waals surface area contributed by atoms with Crippen molar-refractivity contribution < 1.29 is 23.7 Å². The Labute approximate surface area is 148 Å². The van der Waals surface area contributed by atoms with Gasteiger partial charge < -0.3 is 4.42 Å². The Morgan fingerprint density at radius 1 is 1.12 bits per heavy atom. The van der Waals surface area contributed by atoms with Crippen molar-refractivity contribution in [2.24, 2.45) is 0 Å². The van der Waals surface area contributed by atoms with E-state index in [1.165, 1.54) is 18.2 Å². The minimum Gasteiger partial charge on any atom is -0.401 e. The fraction of sp³-hybridized carbons (Fsp3) is 0. The zero-order valence-corrected chi connectivity index (χ0v) is 13.8. The molecule has 10 heteroatoms. The summed E-state index contributed by atoms with van der Waals surface area (Å²) in [5, 5.41) is 12.7. The first-order valence-corrected chi connectivity index (χ1v) is 7.57. The Morgan fingerprint density at radius 2 is 1.80 bits per heavy atom. The van der Waals surface area contributed by atoms with Gasteiger partial charge in [-0.15, -0.1) is 0 Å². The quantitative estimate of drug-likeness (QED) is 0.362. The number of amides is 4. The largest absolute Gasteiger partial charge is 0.433 e. The van der Waals surface area contributed by atoms with Crippen molar-refractivity contribution in [3.05, 3.63) is 62.3 Å². The van der Waals surface area contributed by atoms with Crippen molar-refractivity contribution in [3.8, 4) is 0 Å². The monoisotopic (exact) mass is 405 g/mol. The van der Waals surface area contributed by atoms with E-state index in [1.807, 2.05) is 5.32 Å². The van der Waals surface area contributed by atoms with Gasteiger partial charge in [-0.05, 0) is 36.4 Å². The summed E-state index contributed by atoms with van der Waals surface area (Å²) >= 11 is 3.24. The van der Waals surface area contributed by atoms with Crippen LogP contribution in [-0.4, -0.2) is 22.8 Å². The predicted octanol–water partition coefficient (Wildman–Crippen LogP) is 2.62. The van der Waals surface area contributed by atoms with E-state index in [4.69, 9.17) is 4.42 Å². The SMILES string of the molecule is O=C1NC(=O)N(c2ccc(Br)cc2)C(=O)/C1=C/c1ccc([N+](=O)[O-])o1. The molecule has 0 aliphatic carbocycles. The van der Waals surface area contributed by atoms with Crippen molar-refractivity contribution in [2.75, 3.05) is 4.90 Å². The highest BCUT2D eigenvalue weighted by molar-refractivity contribution is 9.10. The molecule has 1 N–H and O–H groups in total. The zero-order valence-electron chi connectivity index (χ0n) is 12.3. The molecule has 1 aliphatic heterocycles. The van der Waals surface area contributed by atoms with Gasteiger partial charge in [0.15, 0.2) is 0 Å². The molecule has 9 nitrogen and oxygen atoms in total. The Kier molecular flexibility index (Phi) is 4.19. The maximum absolute atomic E-state index is 12.6. The van der Waals surface area contributed by atoms with E-state index < -0.39 is 28.7 Å². The van der Waals surface area contributed by atoms with E-state index in [0.29, 0.717) is 0 Å². The summed E-state index contributed by atoms with van der Waals surface area (Å²) in [7, 11) is 0. The Balaban J connectivity index is 1.98. The molecule has 2 heterocycles. The summed E-state index contributed by atoms with van der Waals surface area (Å²) in [6.07, 6.45) is 1.04. The van der Waals surface area contributed by atoms with Crippen molar-refractivity contribution in [1.82, 2.24) is 5.32 Å². The van der Waals surface area contributed by atoms with Crippen LogP contribution < -0.4 is 10.2 Å². The van der Waals surface area contributed by atoms with Crippen LogP contribution >= 0.6 is 15.9 Å². The standard InChI is InChI=1S/C15H8BrN3O6/c16-8-1-3-9(4-2-8)18-14(21)11(13(20)17-15(18)22)7-10-5-6-12(25-10)19(23)24/h1-7H,(H,17,20,22)/b11-7+. The molecule has 1 saturated heterocycles. The third-order valence-electron chi connectivity index (χ3n) is 3.27. The van der Waals surface area contributed by atoms with Gasteiger partial charge in [-0.25, -0.2) is 9.69 Å². The van der Waals surface area contributed by atoms with Crippen LogP contribution in [0.2, 0.25) is 0 Å². The lowest BCUT2D eigenvalue weighted by Crippen LogP contribution is -2.54. The van der Waals surface area contributed by atoms with Crippen LogP contribution in [0.1, 0.15) is 5.76 Å². The summed E-state index contributed by atoms with van der Waals surface area (Å²) in [5.41, 5.74) is -0.124. The van der Waals surface area contributed by atoms with E-state index in [1.54, 1.807) is 12.1 Å². The van der Waals surface area contributed by atoms with Gasteiger partial charge in [0, 0.05) is 4.47 Å². The Bertz CT molecular complexity index is 931. The van der Waals surface area contributed by atoms with Crippen LogP contribution in [0, 0.1) is 10.1 Å². The number of carbonyl (C=O) groups excluding carboxylic acids is 3. The highest BCUT2D eigenvalue weighted by Gasteiger charge is 2.37. The molecule has 4 amide bonds. The fourth-order valence-electron chi connectivity index (χ4n) is 2.14. The number of nitro groups is 1. The number of hydrogen-bond donors (Lipinski definition) is 1. The van der Waals surface area contributed by atoms with Gasteiger partial charge in [-0.3, -0.25) is 25.0 Å². The highest BCUT2D eigenvalue weighted by atomic mass is 79.9. The summed E-state index contributed by atoms with van der Waals surface area (Å²) in [6.45, 7) is 0. The number of imide groups is 2. The first kappa shape index (κ1) is 16.6. The molecule has 126 valence electrons. The minimum atomic E-state index is -0.914. The van der Waals surface area contributed by atoms with Gasteiger partial charge in [0.25, 0.3) is 11.8 Å². The molecule has 1 aromatic heterocycles. The maximum atomic E-state index is 12.6. The van der Waals surface area contributed by atoms with Crippen LogP contribution in [0.5, 0.6) is 0 Å². The molecule has 0 unspecified atom stereocenters. The number of halogens is 1. The first-order valence-electron chi connectivity index (χ1n) is 6.78. The molecule has 1 fully saturated rings. The minimum absolute atomic E-state index is 0.0599. The molecular formula is C15H8BrN3O6. The first-order chi connectivity index (χ1) is 11.9. The van der Waals surface area contributed by atoms with Crippen LogP contribution in [0.4, 0.5) is 16.4 Å². The second-order valence-corrected chi connectivity index (χ2v) is 5.78. The number of nitrogens with one attached hydrogen (secondary N) is 1. The molecule has 3 rings (SSSR count).